The minimum absolute atomic E-state index is 0.443. The maximum Gasteiger partial charge on any atom is 0.216 e. The van der Waals surface area contributed by atoms with E-state index in [0.717, 1.165) is 11.3 Å². The zero-order valence-corrected chi connectivity index (χ0v) is 13.8. The van der Waals surface area contributed by atoms with E-state index in [1.165, 1.54) is 11.0 Å². The number of aromatic nitrogens is 3. The quantitative estimate of drug-likeness (QED) is 0.628. The Morgan fingerprint density at radius 2 is 2.18 bits per heavy atom. The van der Waals surface area contributed by atoms with Crippen LogP contribution in [0.1, 0.15) is 26.3 Å². The summed E-state index contributed by atoms with van der Waals surface area (Å²) in [6.45, 7) is 7.38. The molecule has 118 valence electrons. The van der Waals surface area contributed by atoms with E-state index in [1.54, 1.807) is 6.21 Å². The van der Waals surface area contributed by atoms with Crippen molar-refractivity contribution in [2.24, 2.45) is 11.0 Å². The van der Waals surface area contributed by atoms with Gasteiger partial charge in [-0.2, -0.15) is 14.9 Å². The van der Waals surface area contributed by atoms with Crippen molar-refractivity contribution in [3.8, 4) is 11.5 Å². The Bertz CT molecular complexity index is 691. The first-order valence-electron chi connectivity index (χ1n) is 7.16. The molecule has 0 fully saturated rings. The van der Waals surface area contributed by atoms with E-state index in [4.69, 9.17) is 21.7 Å². The largest absolute Gasteiger partial charge is 0.490 e. The lowest BCUT2D eigenvalue weighted by Crippen LogP contribution is -2.06. The molecule has 1 aromatic heterocycles. The van der Waals surface area contributed by atoms with Gasteiger partial charge in [-0.1, -0.05) is 13.8 Å². The first kappa shape index (κ1) is 16.2. The van der Waals surface area contributed by atoms with Crippen LogP contribution in [0, 0.1) is 10.7 Å². The van der Waals surface area contributed by atoms with Crippen LogP contribution in [0.5, 0.6) is 11.5 Å². The van der Waals surface area contributed by atoms with Gasteiger partial charge in [0.25, 0.3) is 0 Å². The lowest BCUT2D eigenvalue weighted by atomic mass is 10.2. The van der Waals surface area contributed by atoms with E-state index in [-0.39, 0.29) is 0 Å². The maximum atomic E-state index is 5.77. The standard InChI is InChI=1S/C15H20N4O2S/c1-4-20-14-7-12(5-6-13(14)21-9-11(2)3)8-17-19-10-16-18-15(19)22/h5-8,10-11H,4,9H2,1-3H3,(H,18,22)/b17-8-. The van der Waals surface area contributed by atoms with Crippen LogP contribution in [0.4, 0.5) is 0 Å². The number of H-pyrrole nitrogens is 1. The number of hydrogen-bond donors (Lipinski definition) is 1. The number of aromatic amines is 1. The molecule has 0 atom stereocenters. The Hall–Kier alpha value is -2.15. The Labute approximate surface area is 134 Å². The average Bonchev–Trinajstić information content (AvgIpc) is 2.89. The van der Waals surface area contributed by atoms with Crippen molar-refractivity contribution in [2.45, 2.75) is 20.8 Å². The van der Waals surface area contributed by atoms with Gasteiger partial charge in [-0.05, 0) is 48.8 Å². The van der Waals surface area contributed by atoms with Crippen molar-refractivity contribution in [3.63, 3.8) is 0 Å². The van der Waals surface area contributed by atoms with E-state index in [0.29, 0.717) is 29.7 Å². The second kappa shape index (κ2) is 7.74. The number of ether oxygens (including phenoxy) is 2. The molecule has 0 unspecified atom stereocenters. The third kappa shape index (κ3) is 4.42. The van der Waals surface area contributed by atoms with Gasteiger partial charge in [-0.3, -0.25) is 5.10 Å². The lowest BCUT2D eigenvalue weighted by Gasteiger charge is -2.13. The molecule has 0 spiro atoms. The van der Waals surface area contributed by atoms with Gasteiger partial charge < -0.3 is 9.47 Å². The minimum atomic E-state index is 0.443. The van der Waals surface area contributed by atoms with Crippen molar-refractivity contribution in [2.75, 3.05) is 13.2 Å². The van der Waals surface area contributed by atoms with E-state index in [9.17, 15) is 0 Å². The number of nitrogens with one attached hydrogen (secondary N) is 1. The Morgan fingerprint density at radius 3 is 2.82 bits per heavy atom. The van der Waals surface area contributed by atoms with Crippen LogP contribution in [0.15, 0.2) is 29.6 Å². The zero-order chi connectivity index (χ0) is 15.9. The predicted molar refractivity (Wildman–Crippen MR) is 88.3 cm³/mol. The van der Waals surface area contributed by atoms with E-state index < -0.39 is 0 Å². The van der Waals surface area contributed by atoms with Crippen molar-refractivity contribution in [1.29, 1.82) is 0 Å². The fourth-order valence-electron chi connectivity index (χ4n) is 1.70. The molecule has 1 aromatic carbocycles. The van der Waals surface area contributed by atoms with Crippen molar-refractivity contribution in [3.05, 3.63) is 34.9 Å². The molecule has 0 saturated carbocycles. The molecular weight excluding hydrogens is 300 g/mol. The molecule has 22 heavy (non-hydrogen) atoms. The molecule has 1 heterocycles. The molecule has 0 saturated heterocycles. The summed E-state index contributed by atoms with van der Waals surface area (Å²) in [6.07, 6.45) is 3.21. The van der Waals surface area contributed by atoms with Crippen LogP contribution < -0.4 is 9.47 Å². The first-order valence-corrected chi connectivity index (χ1v) is 7.57. The Kier molecular flexibility index (Phi) is 5.71. The van der Waals surface area contributed by atoms with Crippen LogP contribution in [0.2, 0.25) is 0 Å². The molecule has 0 radical (unpaired) electrons. The van der Waals surface area contributed by atoms with Crippen molar-refractivity contribution in [1.82, 2.24) is 14.9 Å². The zero-order valence-electron chi connectivity index (χ0n) is 12.9. The summed E-state index contributed by atoms with van der Waals surface area (Å²) in [4.78, 5) is 0. The summed E-state index contributed by atoms with van der Waals surface area (Å²) in [6, 6.07) is 5.71. The highest BCUT2D eigenvalue weighted by molar-refractivity contribution is 7.71. The van der Waals surface area contributed by atoms with Crippen molar-refractivity contribution >= 4 is 18.4 Å². The van der Waals surface area contributed by atoms with Crippen molar-refractivity contribution < 1.29 is 9.47 Å². The minimum Gasteiger partial charge on any atom is -0.490 e. The molecule has 7 heteroatoms. The monoisotopic (exact) mass is 320 g/mol. The van der Waals surface area contributed by atoms with Crippen LogP contribution >= 0.6 is 12.2 Å². The van der Waals surface area contributed by atoms with Gasteiger partial charge in [0.1, 0.15) is 6.33 Å². The molecule has 1 N–H and O–H groups in total. The molecule has 0 amide bonds. The van der Waals surface area contributed by atoms with E-state index in [1.807, 2.05) is 25.1 Å². The summed E-state index contributed by atoms with van der Waals surface area (Å²) < 4.78 is 13.3. The summed E-state index contributed by atoms with van der Waals surface area (Å²) >= 11 is 5.03. The number of nitrogens with zero attached hydrogens (tertiary/aromatic N) is 3. The highest BCUT2D eigenvalue weighted by Crippen LogP contribution is 2.28. The second-order valence-electron chi connectivity index (χ2n) is 5.09. The fraction of sp³-hybridized carbons (Fsp3) is 0.400. The molecule has 0 aliphatic rings. The normalized spacial score (nSPS) is 11.3. The highest BCUT2D eigenvalue weighted by Gasteiger charge is 2.07. The van der Waals surface area contributed by atoms with Gasteiger partial charge >= 0.3 is 0 Å². The van der Waals surface area contributed by atoms with E-state index >= 15 is 0 Å². The van der Waals surface area contributed by atoms with Crippen LogP contribution in [0.25, 0.3) is 0 Å². The second-order valence-corrected chi connectivity index (χ2v) is 5.48. The first-order chi connectivity index (χ1) is 10.6. The molecule has 6 nitrogen and oxygen atoms in total. The van der Waals surface area contributed by atoms with Crippen LogP contribution in [-0.2, 0) is 0 Å². The van der Waals surface area contributed by atoms with Gasteiger partial charge in [0.15, 0.2) is 11.5 Å². The number of rotatable bonds is 7. The predicted octanol–water partition coefficient (Wildman–Crippen LogP) is 3.26. The average molecular weight is 320 g/mol. The van der Waals surface area contributed by atoms with Gasteiger partial charge in [-0.15, -0.1) is 0 Å². The maximum absolute atomic E-state index is 5.77. The smallest absolute Gasteiger partial charge is 0.216 e. The van der Waals surface area contributed by atoms with Crippen LogP contribution in [0.3, 0.4) is 0 Å². The lowest BCUT2D eigenvalue weighted by molar-refractivity contribution is 0.248. The molecule has 2 rings (SSSR count). The summed E-state index contributed by atoms with van der Waals surface area (Å²) in [5, 5.41) is 10.7. The SMILES string of the molecule is CCOc1cc(/C=N\n2cn[nH]c2=S)ccc1OCC(C)C. The Morgan fingerprint density at radius 1 is 1.36 bits per heavy atom. The topological polar surface area (TPSA) is 64.4 Å². The van der Waals surface area contributed by atoms with Crippen LogP contribution in [-0.4, -0.2) is 34.3 Å². The fourth-order valence-corrected chi connectivity index (χ4v) is 1.85. The molecule has 2 aromatic rings. The van der Waals surface area contributed by atoms with Gasteiger partial charge in [-0.25, -0.2) is 0 Å². The van der Waals surface area contributed by atoms with E-state index in [2.05, 4.69) is 29.1 Å². The molecule has 0 aliphatic carbocycles. The third-order valence-corrected chi connectivity index (χ3v) is 2.98. The number of hydrogen-bond acceptors (Lipinski definition) is 5. The summed E-state index contributed by atoms with van der Waals surface area (Å²) in [5.74, 6) is 1.91. The highest BCUT2D eigenvalue weighted by atomic mass is 32.1. The third-order valence-electron chi connectivity index (χ3n) is 2.71. The van der Waals surface area contributed by atoms with Gasteiger partial charge in [0.2, 0.25) is 4.77 Å². The Balaban J connectivity index is 2.19. The molecular formula is C15H20N4O2S. The van der Waals surface area contributed by atoms with Gasteiger partial charge in [0, 0.05) is 0 Å². The molecule has 0 aliphatic heterocycles. The van der Waals surface area contributed by atoms with Gasteiger partial charge in [0.05, 0.1) is 19.4 Å². The summed E-state index contributed by atoms with van der Waals surface area (Å²) in [5.41, 5.74) is 0.892. The summed E-state index contributed by atoms with van der Waals surface area (Å²) in [7, 11) is 0. The molecule has 0 bridgehead atoms. The number of benzene rings is 1.